The van der Waals surface area contributed by atoms with Crippen molar-refractivity contribution in [3.8, 4) is 0 Å². The van der Waals surface area contributed by atoms with E-state index in [0.717, 1.165) is 9.80 Å². The van der Waals surface area contributed by atoms with Gasteiger partial charge in [0.1, 0.15) is 0 Å². The van der Waals surface area contributed by atoms with Crippen LogP contribution in [0.5, 0.6) is 0 Å². The number of rotatable bonds is 2. The summed E-state index contributed by atoms with van der Waals surface area (Å²) in [6, 6.07) is 0. The molecule has 0 aromatic heterocycles. The number of likely N-dealkylation sites (N-methyl/N-ethyl adjacent to an activating group) is 1. The van der Waals surface area contributed by atoms with Crippen LogP contribution in [0, 0.1) is 0 Å². The lowest BCUT2D eigenvalue weighted by atomic mass is 10.5. The SMILES string of the molecule is C=C/C=C\C=C.CC.CC.CC(=O)N(C)C(C)=O.CN1C(=O)C=CC1=O. The molecule has 0 aromatic carbocycles. The highest BCUT2D eigenvalue weighted by atomic mass is 16.2. The van der Waals surface area contributed by atoms with Gasteiger partial charge in [-0.1, -0.05) is 65.2 Å². The maximum atomic E-state index is 10.4. The molecule has 0 aliphatic carbocycles. The lowest BCUT2D eigenvalue weighted by molar-refractivity contribution is -0.140. The lowest BCUT2D eigenvalue weighted by Gasteiger charge is -2.07. The highest BCUT2D eigenvalue weighted by Crippen LogP contribution is 1.97. The first-order valence-electron chi connectivity index (χ1n) is 8.33. The van der Waals surface area contributed by atoms with Gasteiger partial charge in [-0.25, -0.2) is 0 Å². The van der Waals surface area contributed by atoms with Gasteiger partial charge in [0.05, 0.1) is 0 Å². The molecular formula is C20H34N2O4. The van der Waals surface area contributed by atoms with Gasteiger partial charge in [-0.3, -0.25) is 29.0 Å². The highest BCUT2D eigenvalue weighted by molar-refractivity contribution is 6.12. The molecule has 0 atom stereocenters. The minimum Gasteiger partial charge on any atom is -0.286 e. The summed E-state index contributed by atoms with van der Waals surface area (Å²) >= 11 is 0. The lowest BCUT2D eigenvalue weighted by Crippen LogP contribution is -2.28. The Morgan fingerprint density at radius 3 is 1.23 bits per heavy atom. The molecule has 0 radical (unpaired) electrons. The number of allylic oxidation sites excluding steroid dienone is 4. The molecule has 1 heterocycles. The number of carbonyl (C=O) groups excluding carboxylic acids is 4. The zero-order chi connectivity index (χ0) is 21.7. The van der Waals surface area contributed by atoms with Crippen LogP contribution in [0.25, 0.3) is 0 Å². The molecule has 0 fully saturated rings. The Balaban J connectivity index is -0.000000128. The Hall–Kier alpha value is -2.76. The summed E-state index contributed by atoms with van der Waals surface area (Å²) in [6.07, 6.45) is 9.58. The van der Waals surface area contributed by atoms with Gasteiger partial charge in [0, 0.05) is 40.1 Å². The van der Waals surface area contributed by atoms with E-state index < -0.39 is 0 Å². The summed E-state index contributed by atoms with van der Waals surface area (Å²) in [5, 5.41) is 0. The van der Waals surface area contributed by atoms with Crippen LogP contribution in [0.1, 0.15) is 41.5 Å². The van der Waals surface area contributed by atoms with Gasteiger partial charge in [0.25, 0.3) is 11.8 Å². The van der Waals surface area contributed by atoms with E-state index in [0.29, 0.717) is 0 Å². The molecule has 0 bridgehead atoms. The van der Waals surface area contributed by atoms with Crippen LogP contribution in [0.4, 0.5) is 0 Å². The molecule has 6 heteroatoms. The molecule has 1 aliphatic heterocycles. The molecule has 6 nitrogen and oxygen atoms in total. The zero-order valence-electron chi connectivity index (χ0n) is 17.4. The van der Waals surface area contributed by atoms with Crippen LogP contribution in [0.15, 0.2) is 49.6 Å². The summed E-state index contributed by atoms with van der Waals surface area (Å²) in [7, 11) is 2.90. The standard InChI is InChI=1S/C6H8.C5H5NO2.C5H9NO2.2C2H6/c1-3-5-6-4-2;1-6-4(7)2-3-5(6)8;1-4(7)6(3)5(2)8;2*1-2/h3-6H,1-2H2;2-3H,1H3;1-3H3;2*1-2H3/b6-5-;;;;. The van der Waals surface area contributed by atoms with Crippen molar-refractivity contribution in [1.82, 2.24) is 9.80 Å². The second-order valence-corrected chi connectivity index (χ2v) is 4.02. The molecule has 4 amide bonds. The summed E-state index contributed by atoms with van der Waals surface area (Å²) in [5.74, 6) is -0.931. The monoisotopic (exact) mass is 366 g/mol. The third-order valence-electron chi connectivity index (χ3n) is 2.36. The predicted molar refractivity (Wildman–Crippen MR) is 108 cm³/mol. The van der Waals surface area contributed by atoms with Crippen molar-refractivity contribution in [1.29, 1.82) is 0 Å². The predicted octanol–water partition coefficient (Wildman–Crippen LogP) is 3.52. The molecule has 0 spiro atoms. The van der Waals surface area contributed by atoms with E-state index in [2.05, 4.69) is 13.2 Å². The molecule has 0 saturated heterocycles. The first-order chi connectivity index (χ1) is 12.2. The van der Waals surface area contributed by atoms with Gasteiger partial charge < -0.3 is 0 Å². The van der Waals surface area contributed by atoms with Crippen molar-refractivity contribution in [2.45, 2.75) is 41.5 Å². The van der Waals surface area contributed by atoms with E-state index in [1.165, 1.54) is 40.1 Å². The topological polar surface area (TPSA) is 74.8 Å². The first kappa shape index (κ1) is 31.1. The van der Waals surface area contributed by atoms with Gasteiger partial charge in [0.2, 0.25) is 11.8 Å². The van der Waals surface area contributed by atoms with Crippen LogP contribution in [0.3, 0.4) is 0 Å². The average Bonchev–Trinajstić information content (AvgIpc) is 2.94. The van der Waals surface area contributed by atoms with Gasteiger partial charge in [-0.15, -0.1) is 0 Å². The summed E-state index contributed by atoms with van der Waals surface area (Å²) in [5.41, 5.74) is 0. The first-order valence-corrected chi connectivity index (χ1v) is 8.33. The van der Waals surface area contributed by atoms with Crippen LogP contribution in [0.2, 0.25) is 0 Å². The number of nitrogens with zero attached hydrogens (tertiary/aromatic N) is 2. The molecule has 1 rings (SSSR count). The van der Waals surface area contributed by atoms with Crippen molar-refractivity contribution in [2.75, 3.05) is 14.1 Å². The van der Waals surface area contributed by atoms with E-state index in [4.69, 9.17) is 0 Å². The Morgan fingerprint density at radius 2 is 1.15 bits per heavy atom. The van der Waals surface area contributed by atoms with E-state index in [1.807, 2.05) is 39.8 Å². The van der Waals surface area contributed by atoms with Gasteiger partial charge in [-0.2, -0.15) is 0 Å². The molecule has 148 valence electrons. The normalized spacial score (nSPS) is 10.7. The zero-order valence-corrected chi connectivity index (χ0v) is 17.4. The highest BCUT2D eigenvalue weighted by Gasteiger charge is 2.17. The van der Waals surface area contributed by atoms with E-state index in [1.54, 1.807) is 12.2 Å². The van der Waals surface area contributed by atoms with Gasteiger partial charge in [0.15, 0.2) is 0 Å². The summed E-state index contributed by atoms with van der Waals surface area (Å²) < 4.78 is 0. The fraction of sp³-hybridized carbons (Fsp3) is 0.400. The molecule has 0 unspecified atom stereocenters. The van der Waals surface area contributed by atoms with Crippen LogP contribution in [-0.2, 0) is 19.2 Å². The number of amides is 4. The quantitative estimate of drug-likeness (QED) is 0.553. The Bertz CT molecular complexity index is 464. The smallest absolute Gasteiger partial charge is 0.253 e. The van der Waals surface area contributed by atoms with Crippen molar-refractivity contribution in [2.24, 2.45) is 0 Å². The van der Waals surface area contributed by atoms with Gasteiger partial charge >= 0.3 is 0 Å². The summed E-state index contributed by atoms with van der Waals surface area (Å²) in [4.78, 5) is 43.5. The van der Waals surface area contributed by atoms with Crippen LogP contribution in [-0.4, -0.2) is 47.5 Å². The summed E-state index contributed by atoms with van der Waals surface area (Å²) in [6.45, 7) is 17.6. The number of hydrogen-bond donors (Lipinski definition) is 0. The van der Waals surface area contributed by atoms with Crippen molar-refractivity contribution in [3.05, 3.63) is 49.6 Å². The minimum absolute atomic E-state index is 0.225. The van der Waals surface area contributed by atoms with Gasteiger partial charge in [-0.05, 0) is 0 Å². The van der Waals surface area contributed by atoms with E-state index >= 15 is 0 Å². The largest absolute Gasteiger partial charge is 0.286 e. The number of imide groups is 2. The Kier molecular flexibility index (Phi) is 26.6. The minimum atomic E-state index is -0.241. The van der Waals surface area contributed by atoms with E-state index in [9.17, 15) is 19.2 Å². The Labute approximate surface area is 158 Å². The van der Waals surface area contributed by atoms with Crippen LogP contribution >= 0.6 is 0 Å². The third-order valence-corrected chi connectivity index (χ3v) is 2.36. The molecular weight excluding hydrogens is 332 g/mol. The van der Waals surface area contributed by atoms with Crippen molar-refractivity contribution in [3.63, 3.8) is 0 Å². The molecule has 0 N–H and O–H groups in total. The molecule has 26 heavy (non-hydrogen) atoms. The second kappa shape index (κ2) is 22.2. The fourth-order valence-corrected chi connectivity index (χ4v) is 0.854. The Morgan fingerprint density at radius 1 is 0.885 bits per heavy atom. The molecule has 0 aromatic rings. The van der Waals surface area contributed by atoms with Crippen molar-refractivity contribution >= 4 is 23.6 Å². The maximum absolute atomic E-state index is 10.4. The fourth-order valence-electron chi connectivity index (χ4n) is 0.854. The number of carbonyl (C=O) groups is 4. The molecule has 0 saturated carbocycles. The number of hydrogen-bond acceptors (Lipinski definition) is 4. The van der Waals surface area contributed by atoms with Crippen molar-refractivity contribution < 1.29 is 19.2 Å². The molecule has 1 aliphatic rings. The van der Waals surface area contributed by atoms with E-state index in [-0.39, 0.29) is 23.6 Å². The third kappa shape index (κ3) is 19.3. The second-order valence-electron chi connectivity index (χ2n) is 4.02. The van der Waals surface area contributed by atoms with Crippen LogP contribution < -0.4 is 0 Å². The average molecular weight is 367 g/mol. The maximum Gasteiger partial charge on any atom is 0.253 e.